The maximum atomic E-state index is 12.7. The minimum Gasteiger partial charge on any atom is -0.347 e. The molecule has 2 saturated heterocycles. The normalized spacial score (nSPS) is 18.9. The van der Waals surface area contributed by atoms with Crippen LogP contribution < -0.4 is 5.32 Å². The van der Waals surface area contributed by atoms with Crippen LogP contribution in [0.3, 0.4) is 0 Å². The zero-order valence-corrected chi connectivity index (χ0v) is 14.8. The number of nitrogens with zero attached hydrogens (tertiary/aromatic N) is 3. The maximum absolute atomic E-state index is 12.7. The van der Waals surface area contributed by atoms with Crippen molar-refractivity contribution in [2.75, 3.05) is 31.6 Å². The summed E-state index contributed by atoms with van der Waals surface area (Å²) in [5.74, 6) is -0.0595. The van der Waals surface area contributed by atoms with Gasteiger partial charge in [-0.1, -0.05) is 18.2 Å². The van der Waals surface area contributed by atoms with Gasteiger partial charge in [0.15, 0.2) is 5.79 Å². The Hall–Kier alpha value is -2.51. The third kappa shape index (κ3) is 3.40. The van der Waals surface area contributed by atoms with E-state index < -0.39 is 5.79 Å². The van der Waals surface area contributed by atoms with Gasteiger partial charge in [-0.05, 0) is 18.6 Å². The van der Waals surface area contributed by atoms with Crippen molar-refractivity contribution < 1.29 is 14.3 Å². The number of carbonyl (C=O) groups is 1. The van der Waals surface area contributed by atoms with Gasteiger partial charge in [-0.3, -0.25) is 4.79 Å². The van der Waals surface area contributed by atoms with Gasteiger partial charge in [0.2, 0.25) is 5.95 Å². The summed E-state index contributed by atoms with van der Waals surface area (Å²) in [6.45, 7) is 4.51. The van der Waals surface area contributed by atoms with E-state index in [4.69, 9.17) is 9.47 Å². The van der Waals surface area contributed by atoms with Crippen LogP contribution in [0.5, 0.6) is 0 Å². The van der Waals surface area contributed by atoms with Crippen LogP contribution in [-0.2, 0) is 9.47 Å². The summed E-state index contributed by atoms with van der Waals surface area (Å²) in [6, 6.07) is 7.91. The number of hydrogen-bond acceptors (Lipinski definition) is 6. The molecule has 4 rings (SSSR count). The largest absolute Gasteiger partial charge is 0.347 e. The van der Waals surface area contributed by atoms with Crippen molar-refractivity contribution in [3.05, 3.63) is 47.8 Å². The number of piperidine rings is 1. The number of benzene rings is 1. The first-order chi connectivity index (χ1) is 12.7. The Labute approximate surface area is 152 Å². The lowest BCUT2D eigenvalue weighted by molar-refractivity contribution is -0.181. The molecule has 7 heteroatoms. The Morgan fingerprint density at radius 1 is 1.12 bits per heavy atom. The number of anilines is 2. The molecule has 2 aliphatic rings. The average Bonchev–Trinajstić information content (AvgIpc) is 3.12. The van der Waals surface area contributed by atoms with Gasteiger partial charge in [-0.25, -0.2) is 9.97 Å². The van der Waals surface area contributed by atoms with Crippen LogP contribution in [0.25, 0.3) is 0 Å². The van der Waals surface area contributed by atoms with E-state index in [1.165, 1.54) is 0 Å². The van der Waals surface area contributed by atoms with Crippen LogP contribution in [0.2, 0.25) is 0 Å². The highest BCUT2D eigenvalue weighted by Crippen LogP contribution is 2.31. The van der Waals surface area contributed by atoms with Gasteiger partial charge in [0.05, 0.1) is 18.8 Å². The van der Waals surface area contributed by atoms with Gasteiger partial charge in [0.25, 0.3) is 5.91 Å². The molecule has 0 atom stereocenters. The second kappa shape index (κ2) is 7.01. The minimum absolute atomic E-state index is 0.0553. The molecule has 26 heavy (non-hydrogen) atoms. The van der Waals surface area contributed by atoms with E-state index in [1.807, 2.05) is 36.1 Å². The van der Waals surface area contributed by atoms with Crippen molar-refractivity contribution in [1.82, 2.24) is 14.9 Å². The van der Waals surface area contributed by atoms with E-state index in [-0.39, 0.29) is 5.91 Å². The number of aryl methyl sites for hydroxylation is 1. The number of para-hydroxylation sites is 1. The lowest BCUT2D eigenvalue weighted by Gasteiger charge is -2.37. The van der Waals surface area contributed by atoms with Crippen LogP contribution in [0.15, 0.2) is 36.7 Å². The molecule has 0 bridgehead atoms. The Kier molecular flexibility index (Phi) is 4.57. The lowest BCUT2D eigenvalue weighted by atomic mass is 10.0. The molecule has 3 heterocycles. The van der Waals surface area contributed by atoms with Crippen molar-refractivity contribution in [3.63, 3.8) is 0 Å². The summed E-state index contributed by atoms with van der Waals surface area (Å²) in [4.78, 5) is 23.0. The molecule has 0 unspecified atom stereocenters. The number of hydrogen-bond donors (Lipinski definition) is 1. The average molecular weight is 354 g/mol. The second-order valence-corrected chi connectivity index (χ2v) is 6.64. The first-order valence-corrected chi connectivity index (χ1v) is 8.87. The van der Waals surface area contributed by atoms with Crippen molar-refractivity contribution in [2.45, 2.75) is 25.6 Å². The zero-order chi connectivity index (χ0) is 18.0. The van der Waals surface area contributed by atoms with Crippen molar-refractivity contribution >= 4 is 17.5 Å². The first kappa shape index (κ1) is 16.9. The Morgan fingerprint density at radius 3 is 2.42 bits per heavy atom. The summed E-state index contributed by atoms with van der Waals surface area (Å²) < 4.78 is 11.4. The predicted octanol–water partition coefficient (Wildman–Crippen LogP) is 2.51. The molecular formula is C19H22N4O3. The molecule has 7 nitrogen and oxygen atoms in total. The van der Waals surface area contributed by atoms with Crippen LogP contribution >= 0.6 is 0 Å². The van der Waals surface area contributed by atoms with Gasteiger partial charge in [-0.15, -0.1) is 0 Å². The van der Waals surface area contributed by atoms with Gasteiger partial charge in [0, 0.05) is 44.0 Å². The smallest absolute Gasteiger partial charge is 0.256 e. The Bertz CT molecular complexity index is 778. The third-order valence-corrected chi connectivity index (χ3v) is 4.92. The number of ether oxygens (including phenoxy) is 2. The molecule has 2 aromatic rings. The lowest BCUT2D eigenvalue weighted by Crippen LogP contribution is -2.47. The monoisotopic (exact) mass is 354 g/mol. The van der Waals surface area contributed by atoms with Crippen molar-refractivity contribution in [2.24, 2.45) is 0 Å². The number of amides is 1. The molecule has 136 valence electrons. The summed E-state index contributed by atoms with van der Waals surface area (Å²) in [7, 11) is 0. The minimum atomic E-state index is -0.478. The molecule has 0 saturated carbocycles. The fraction of sp³-hybridized carbons (Fsp3) is 0.421. The molecule has 2 fully saturated rings. The molecule has 1 aromatic heterocycles. The summed E-state index contributed by atoms with van der Waals surface area (Å²) in [5.41, 5.74) is 2.55. The quantitative estimate of drug-likeness (QED) is 0.913. The third-order valence-electron chi connectivity index (χ3n) is 4.92. The van der Waals surface area contributed by atoms with Crippen LogP contribution in [0.1, 0.15) is 28.8 Å². The number of aromatic nitrogens is 2. The van der Waals surface area contributed by atoms with E-state index in [2.05, 4.69) is 15.3 Å². The molecule has 1 aromatic carbocycles. The molecule has 1 spiro atoms. The standard InChI is InChI=1S/C19H22N4O3/c1-14-4-2-3-5-16(14)22-18-20-12-15(13-21-18)17(24)23-8-6-19(7-9-23)25-10-11-26-19/h2-5,12-13H,6-11H2,1H3,(H,20,21,22). The van der Waals surface area contributed by atoms with Gasteiger partial charge in [0.1, 0.15) is 0 Å². The highest BCUT2D eigenvalue weighted by Gasteiger charge is 2.40. The Balaban J connectivity index is 1.39. The van der Waals surface area contributed by atoms with Crippen LogP contribution in [-0.4, -0.2) is 52.9 Å². The zero-order valence-electron chi connectivity index (χ0n) is 14.8. The van der Waals surface area contributed by atoms with Gasteiger partial charge < -0.3 is 19.7 Å². The molecule has 0 radical (unpaired) electrons. The molecule has 2 aliphatic heterocycles. The van der Waals surface area contributed by atoms with Crippen LogP contribution in [0.4, 0.5) is 11.6 Å². The summed E-state index contributed by atoms with van der Waals surface area (Å²) in [5, 5.41) is 3.17. The van der Waals surface area contributed by atoms with E-state index in [9.17, 15) is 4.79 Å². The van der Waals surface area contributed by atoms with E-state index >= 15 is 0 Å². The first-order valence-electron chi connectivity index (χ1n) is 8.87. The van der Waals surface area contributed by atoms with Gasteiger partial charge in [-0.2, -0.15) is 0 Å². The SMILES string of the molecule is Cc1ccccc1Nc1ncc(C(=O)N2CCC3(CC2)OCCO3)cn1. The topological polar surface area (TPSA) is 76.6 Å². The molecular weight excluding hydrogens is 332 g/mol. The van der Waals surface area contributed by atoms with Crippen molar-refractivity contribution in [3.8, 4) is 0 Å². The maximum Gasteiger partial charge on any atom is 0.256 e. The highest BCUT2D eigenvalue weighted by molar-refractivity contribution is 5.93. The van der Waals surface area contributed by atoms with E-state index in [0.717, 1.165) is 11.3 Å². The number of carbonyl (C=O) groups excluding carboxylic acids is 1. The van der Waals surface area contributed by atoms with Crippen LogP contribution in [0, 0.1) is 6.92 Å². The number of likely N-dealkylation sites (tertiary alicyclic amines) is 1. The molecule has 0 aliphatic carbocycles. The molecule has 1 amide bonds. The number of nitrogens with one attached hydrogen (secondary N) is 1. The summed E-state index contributed by atoms with van der Waals surface area (Å²) in [6.07, 6.45) is 4.55. The Morgan fingerprint density at radius 2 is 1.77 bits per heavy atom. The highest BCUT2D eigenvalue weighted by atomic mass is 16.7. The fourth-order valence-electron chi connectivity index (χ4n) is 3.36. The fourth-order valence-corrected chi connectivity index (χ4v) is 3.36. The van der Waals surface area contributed by atoms with E-state index in [0.29, 0.717) is 50.7 Å². The predicted molar refractivity (Wildman–Crippen MR) is 96.3 cm³/mol. The second-order valence-electron chi connectivity index (χ2n) is 6.64. The molecule has 1 N–H and O–H groups in total. The van der Waals surface area contributed by atoms with Crippen molar-refractivity contribution in [1.29, 1.82) is 0 Å². The van der Waals surface area contributed by atoms with Gasteiger partial charge >= 0.3 is 0 Å². The summed E-state index contributed by atoms with van der Waals surface area (Å²) >= 11 is 0. The van der Waals surface area contributed by atoms with E-state index in [1.54, 1.807) is 12.4 Å². The number of rotatable bonds is 3.